The van der Waals surface area contributed by atoms with Crippen molar-refractivity contribution in [1.82, 2.24) is 10.2 Å². The summed E-state index contributed by atoms with van der Waals surface area (Å²) in [5.74, 6) is 1.77. The van der Waals surface area contributed by atoms with Gasteiger partial charge in [0.25, 0.3) is 5.91 Å². The lowest BCUT2D eigenvalue weighted by Crippen LogP contribution is -2.48. The molecule has 0 radical (unpaired) electrons. The number of benzene rings is 1. The minimum atomic E-state index is -0.123. The Kier molecular flexibility index (Phi) is 4.96. The summed E-state index contributed by atoms with van der Waals surface area (Å²) in [6.07, 6.45) is 4.55. The van der Waals surface area contributed by atoms with Gasteiger partial charge in [0.05, 0.1) is 0 Å². The number of amides is 1. The molecule has 2 aromatic rings. The molecule has 3 heterocycles. The van der Waals surface area contributed by atoms with Gasteiger partial charge in [-0.1, -0.05) is 18.2 Å². The number of nitrogens with one attached hydrogen (secondary N) is 1. The number of piperidine rings is 1. The Morgan fingerprint density at radius 3 is 2.48 bits per heavy atom. The lowest BCUT2D eigenvalue weighted by molar-refractivity contribution is 0.0851. The molecular formula is C22H28N2O3. The average molecular weight is 368 g/mol. The molecule has 144 valence electrons. The standard InChI is InChI=1S/C22H28N2O3/c1-14-5-4-6-15(2)21(14)26-13-19-9-10-20(27-19)22(25)23-16-11-17-7-8-18(12-16)24(17)3/h4-6,9-10,16-18H,7-8,11-13H2,1-3H3,(H,23,25). The number of nitrogens with zero attached hydrogens (tertiary/aromatic N) is 1. The van der Waals surface area contributed by atoms with E-state index in [0.29, 0.717) is 30.2 Å². The van der Waals surface area contributed by atoms with Gasteiger partial charge in [0, 0.05) is 18.1 Å². The van der Waals surface area contributed by atoms with Gasteiger partial charge in [0.1, 0.15) is 18.1 Å². The molecule has 2 aliphatic rings. The van der Waals surface area contributed by atoms with E-state index in [9.17, 15) is 4.79 Å². The zero-order chi connectivity index (χ0) is 19.0. The lowest BCUT2D eigenvalue weighted by atomic mass is 9.98. The maximum atomic E-state index is 12.6. The third-order valence-electron chi connectivity index (χ3n) is 6.09. The van der Waals surface area contributed by atoms with Gasteiger partial charge < -0.3 is 19.4 Å². The van der Waals surface area contributed by atoms with Gasteiger partial charge in [-0.3, -0.25) is 4.79 Å². The molecule has 0 saturated carbocycles. The van der Waals surface area contributed by atoms with Crippen LogP contribution >= 0.6 is 0 Å². The molecule has 2 aliphatic heterocycles. The molecule has 2 unspecified atom stereocenters. The second-order valence-corrected chi connectivity index (χ2v) is 7.97. The first-order chi connectivity index (χ1) is 13.0. The van der Waals surface area contributed by atoms with Gasteiger partial charge in [-0.2, -0.15) is 0 Å². The fraction of sp³-hybridized carbons (Fsp3) is 0.500. The predicted octanol–water partition coefficient (Wildman–Crippen LogP) is 3.83. The Morgan fingerprint density at radius 1 is 1.15 bits per heavy atom. The van der Waals surface area contributed by atoms with E-state index in [2.05, 4.69) is 17.3 Å². The second kappa shape index (κ2) is 7.39. The molecule has 2 bridgehead atoms. The van der Waals surface area contributed by atoms with Crippen molar-refractivity contribution in [1.29, 1.82) is 0 Å². The highest BCUT2D eigenvalue weighted by molar-refractivity contribution is 5.91. The van der Waals surface area contributed by atoms with Crippen LogP contribution in [0.2, 0.25) is 0 Å². The monoisotopic (exact) mass is 368 g/mol. The van der Waals surface area contributed by atoms with Gasteiger partial charge in [0.2, 0.25) is 0 Å². The van der Waals surface area contributed by atoms with Crippen LogP contribution in [0.1, 0.15) is 53.1 Å². The van der Waals surface area contributed by atoms with Crippen LogP contribution < -0.4 is 10.1 Å². The summed E-state index contributed by atoms with van der Waals surface area (Å²) in [5, 5.41) is 3.16. The molecule has 2 fully saturated rings. The number of rotatable bonds is 5. The number of carbonyl (C=O) groups is 1. The summed E-state index contributed by atoms with van der Waals surface area (Å²) in [4.78, 5) is 15.0. The molecule has 2 saturated heterocycles. The first-order valence-electron chi connectivity index (χ1n) is 9.82. The van der Waals surface area contributed by atoms with Crippen LogP contribution in [0.3, 0.4) is 0 Å². The van der Waals surface area contributed by atoms with Crippen molar-refractivity contribution in [2.75, 3.05) is 7.05 Å². The Bertz CT molecular complexity index is 794. The van der Waals surface area contributed by atoms with Crippen LogP contribution in [0.25, 0.3) is 0 Å². The molecule has 5 nitrogen and oxygen atoms in total. The Labute approximate surface area is 160 Å². The molecule has 2 atom stereocenters. The average Bonchev–Trinajstić information content (AvgIpc) is 3.17. The normalized spacial score (nSPS) is 24.8. The summed E-state index contributed by atoms with van der Waals surface area (Å²) < 4.78 is 11.6. The van der Waals surface area contributed by atoms with E-state index >= 15 is 0 Å². The summed E-state index contributed by atoms with van der Waals surface area (Å²) in [5.41, 5.74) is 2.19. The van der Waals surface area contributed by atoms with Gasteiger partial charge in [-0.15, -0.1) is 0 Å². The van der Waals surface area contributed by atoms with Crippen LogP contribution in [0, 0.1) is 13.8 Å². The highest BCUT2D eigenvalue weighted by atomic mass is 16.5. The zero-order valence-corrected chi connectivity index (χ0v) is 16.3. The van der Waals surface area contributed by atoms with Crippen LogP contribution in [-0.4, -0.2) is 36.0 Å². The highest BCUT2D eigenvalue weighted by Crippen LogP contribution is 2.34. The first kappa shape index (κ1) is 18.1. The minimum Gasteiger partial charge on any atom is -0.485 e. The highest BCUT2D eigenvalue weighted by Gasteiger charge is 2.39. The molecule has 0 aliphatic carbocycles. The summed E-state index contributed by atoms with van der Waals surface area (Å²) in [6, 6.07) is 11.1. The van der Waals surface area contributed by atoms with Crippen LogP contribution in [0.15, 0.2) is 34.7 Å². The molecule has 0 spiro atoms. The SMILES string of the molecule is Cc1cccc(C)c1OCc1ccc(C(=O)NC2CC3CCC(C2)N3C)o1. The Hall–Kier alpha value is -2.27. The molecule has 1 aromatic heterocycles. The van der Waals surface area contributed by atoms with Crippen molar-refractivity contribution >= 4 is 5.91 Å². The molecule has 27 heavy (non-hydrogen) atoms. The van der Waals surface area contributed by atoms with Crippen LogP contribution in [-0.2, 0) is 6.61 Å². The van der Waals surface area contributed by atoms with Crippen molar-refractivity contribution in [3.05, 3.63) is 53.0 Å². The van der Waals surface area contributed by atoms with Crippen molar-refractivity contribution in [3.63, 3.8) is 0 Å². The van der Waals surface area contributed by atoms with Gasteiger partial charge in [-0.25, -0.2) is 0 Å². The number of furan rings is 1. The molecular weight excluding hydrogens is 340 g/mol. The molecule has 1 amide bonds. The number of fused-ring (bicyclic) bond motifs is 2. The van der Waals surface area contributed by atoms with Gasteiger partial charge in [0.15, 0.2) is 5.76 Å². The first-order valence-corrected chi connectivity index (χ1v) is 9.82. The van der Waals surface area contributed by atoms with Crippen LogP contribution in [0.4, 0.5) is 0 Å². The summed E-state index contributed by atoms with van der Waals surface area (Å²) >= 11 is 0. The van der Waals surface area contributed by atoms with Gasteiger partial charge >= 0.3 is 0 Å². The third kappa shape index (κ3) is 3.74. The number of hydrogen-bond donors (Lipinski definition) is 1. The topological polar surface area (TPSA) is 54.7 Å². The summed E-state index contributed by atoms with van der Waals surface area (Å²) in [6.45, 7) is 4.37. The van der Waals surface area contributed by atoms with E-state index in [0.717, 1.165) is 29.7 Å². The van der Waals surface area contributed by atoms with E-state index in [1.807, 2.05) is 38.1 Å². The smallest absolute Gasteiger partial charge is 0.287 e. The zero-order valence-electron chi connectivity index (χ0n) is 16.3. The van der Waals surface area contributed by atoms with E-state index in [-0.39, 0.29) is 11.9 Å². The lowest BCUT2D eigenvalue weighted by Gasteiger charge is -2.36. The van der Waals surface area contributed by atoms with E-state index in [4.69, 9.17) is 9.15 Å². The Balaban J connectivity index is 1.34. The van der Waals surface area contributed by atoms with Crippen molar-refractivity contribution in [2.24, 2.45) is 0 Å². The molecule has 1 N–H and O–H groups in total. The molecule has 1 aromatic carbocycles. The summed E-state index contributed by atoms with van der Waals surface area (Å²) in [7, 11) is 2.20. The molecule has 5 heteroatoms. The number of hydrogen-bond acceptors (Lipinski definition) is 4. The fourth-order valence-corrected chi connectivity index (χ4v) is 4.53. The largest absolute Gasteiger partial charge is 0.485 e. The second-order valence-electron chi connectivity index (χ2n) is 7.97. The van der Waals surface area contributed by atoms with Crippen molar-refractivity contribution < 1.29 is 13.9 Å². The number of aryl methyl sites for hydroxylation is 2. The van der Waals surface area contributed by atoms with Crippen LogP contribution in [0.5, 0.6) is 5.75 Å². The van der Waals surface area contributed by atoms with E-state index in [1.54, 1.807) is 6.07 Å². The number of para-hydroxylation sites is 1. The Morgan fingerprint density at radius 2 is 1.81 bits per heavy atom. The van der Waals surface area contributed by atoms with Gasteiger partial charge in [-0.05, 0) is 69.8 Å². The fourth-order valence-electron chi connectivity index (χ4n) is 4.53. The van der Waals surface area contributed by atoms with E-state index < -0.39 is 0 Å². The minimum absolute atomic E-state index is 0.123. The van der Waals surface area contributed by atoms with Crippen molar-refractivity contribution in [3.8, 4) is 5.75 Å². The number of carbonyl (C=O) groups excluding carboxylic acids is 1. The quantitative estimate of drug-likeness (QED) is 0.871. The maximum absolute atomic E-state index is 12.6. The van der Waals surface area contributed by atoms with E-state index in [1.165, 1.54) is 12.8 Å². The molecule has 4 rings (SSSR count). The third-order valence-corrected chi connectivity index (χ3v) is 6.09. The van der Waals surface area contributed by atoms with Crippen molar-refractivity contribution in [2.45, 2.75) is 64.3 Å². The predicted molar refractivity (Wildman–Crippen MR) is 104 cm³/mol. The number of ether oxygens (including phenoxy) is 1. The maximum Gasteiger partial charge on any atom is 0.287 e.